The summed E-state index contributed by atoms with van der Waals surface area (Å²) in [6.45, 7) is 3.04. The minimum Gasteiger partial charge on any atom is -0.368 e. The second-order valence-corrected chi connectivity index (χ2v) is 4.97. The van der Waals surface area contributed by atoms with E-state index >= 15 is 0 Å². The fourth-order valence-corrected chi connectivity index (χ4v) is 2.48. The van der Waals surface area contributed by atoms with Gasteiger partial charge in [-0.3, -0.25) is 4.79 Å². The zero-order valence-electron chi connectivity index (χ0n) is 9.50. The van der Waals surface area contributed by atoms with Gasteiger partial charge in [0, 0.05) is 12.6 Å². The molecule has 2 fully saturated rings. The Kier molecular flexibility index (Phi) is 3.62. The van der Waals surface area contributed by atoms with Crippen molar-refractivity contribution in [3.05, 3.63) is 0 Å². The quantitative estimate of drug-likeness (QED) is 0.757. The van der Waals surface area contributed by atoms with E-state index in [0.29, 0.717) is 6.04 Å². The smallest absolute Gasteiger partial charge is 0.249 e. The number of nitrogens with one attached hydrogen (secondary N) is 1. The third kappa shape index (κ3) is 2.94. The molecule has 2 rings (SSSR count). The van der Waals surface area contributed by atoms with E-state index < -0.39 is 0 Å². The van der Waals surface area contributed by atoms with Crippen LogP contribution >= 0.6 is 0 Å². The third-order valence-corrected chi connectivity index (χ3v) is 3.58. The summed E-state index contributed by atoms with van der Waals surface area (Å²) in [5, 5.41) is 3.12. The molecule has 3 heteroatoms. The Morgan fingerprint density at radius 1 is 1.20 bits per heavy atom. The molecule has 0 bridgehead atoms. The summed E-state index contributed by atoms with van der Waals surface area (Å²) >= 11 is 0. The zero-order chi connectivity index (χ0) is 10.7. The maximum atomic E-state index is 11.8. The van der Waals surface area contributed by atoms with Gasteiger partial charge in [0.2, 0.25) is 5.91 Å². The molecular formula is C12H21NO2. The highest BCUT2D eigenvalue weighted by Gasteiger charge is 2.26. The summed E-state index contributed by atoms with van der Waals surface area (Å²) < 4.78 is 5.37. The van der Waals surface area contributed by atoms with E-state index in [1.54, 1.807) is 0 Å². The molecule has 1 atom stereocenters. The molecule has 86 valence electrons. The van der Waals surface area contributed by atoms with E-state index in [4.69, 9.17) is 4.74 Å². The molecule has 3 nitrogen and oxygen atoms in total. The Morgan fingerprint density at radius 2 is 1.93 bits per heavy atom. The summed E-state index contributed by atoms with van der Waals surface area (Å²) in [5.74, 6) is 0.952. The lowest BCUT2D eigenvalue weighted by atomic mass is 9.87. The Bertz CT molecular complexity index is 216. The lowest BCUT2D eigenvalue weighted by Gasteiger charge is -2.27. The van der Waals surface area contributed by atoms with Crippen LogP contribution in [0.25, 0.3) is 0 Å². The zero-order valence-corrected chi connectivity index (χ0v) is 9.50. The van der Waals surface area contributed by atoms with Crippen molar-refractivity contribution in [1.82, 2.24) is 5.32 Å². The summed E-state index contributed by atoms with van der Waals surface area (Å²) in [6, 6.07) is 0.401. The number of rotatable bonds is 2. The lowest BCUT2D eigenvalue weighted by Crippen LogP contribution is -2.42. The molecule has 0 aromatic heterocycles. The van der Waals surface area contributed by atoms with E-state index in [2.05, 4.69) is 12.2 Å². The Labute approximate surface area is 91.6 Å². The van der Waals surface area contributed by atoms with Gasteiger partial charge >= 0.3 is 0 Å². The first-order valence-electron chi connectivity index (χ1n) is 6.17. The third-order valence-electron chi connectivity index (χ3n) is 3.58. The van der Waals surface area contributed by atoms with Gasteiger partial charge in [-0.15, -0.1) is 0 Å². The molecule has 1 saturated heterocycles. The number of ether oxygens (including phenoxy) is 1. The van der Waals surface area contributed by atoms with Crippen molar-refractivity contribution in [1.29, 1.82) is 0 Å². The van der Waals surface area contributed by atoms with Gasteiger partial charge in [-0.2, -0.15) is 0 Å². The van der Waals surface area contributed by atoms with Crippen LogP contribution in [0.1, 0.15) is 45.4 Å². The summed E-state index contributed by atoms with van der Waals surface area (Å²) in [4.78, 5) is 11.8. The van der Waals surface area contributed by atoms with Crippen molar-refractivity contribution in [3.8, 4) is 0 Å². The van der Waals surface area contributed by atoms with Crippen molar-refractivity contribution >= 4 is 5.91 Å². The van der Waals surface area contributed by atoms with Crippen molar-refractivity contribution < 1.29 is 9.53 Å². The molecule has 2 aliphatic rings. The molecular weight excluding hydrogens is 190 g/mol. The van der Waals surface area contributed by atoms with Gasteiger partial charge in [0.1, 0.15) is 6.10 Å². The lowest BCUT2D eigenvalue weighted by molar-refractivity contribution is -0.131. The van der Waals surface area contributed by atoms with Gasteiger partial charge in [0.25, 0.3) is 0 Å². The van der Waals surface area contributed by atoms with Crippen LogP contribution in [0.15, 0.2) is 0 Å². The van der Waals surface area contributed by atoms with E-state index in [1.807, 2.05) is 0 Å². The molecule has 1 unspecified atom stereocenters. The average Bonchev–Trinajstić information content (AvgIpc) is 2.74. The molecule has 1 aliphatic heterocycles. The highest BCUT2D eigenvalue weighted by atomic mass is 16.5. The van der Waals surface area contributed by atoms with E-state index in [0.717, 1.165) is 38.2 Å². The van der Waals surface area contributed by atoms with Crippen molar-refractivity contribution in [2.75, 3.05) is 6.61 Å². The molecule has 1 saturated carbocycles. The van der Waals surface area contributed by atoms with Gasteiger partial charge in [-0.05, 0) is 44.4 Å². The molecule has 0 radical (unpaired) electrons. The molecule has 1 amide bonds. The van der Waals surface area contributed by atoms with Gasteiger partial charge < -0.3 is 10.1 Å². The monoisotopic (exact) mass is 211 g/mol. The van der Waals surface area contributed by atoms with Crippen molar-refractivity contribution in [3.63, 3.8) is 0 Å². The second kappa shape index (κ2) is 4.97. The average molecular weight is 211 g/mol. The number of carbonyl (C=O) groups is 1. The maximum Gasteiger partial charge on any atom is 0.249 e. The van der Waals surface area contributed by atoms with Gasteiger partial charge in [-0.1, -0.05) is 6.92 Å². The van der Waals surface area contributed by atoms with E-state index in [9.17, 15) is 4.79 Å². The fraction of sp³-hybridized carbons (Fsp3) is 0.917. The minimum atomic E-state index is -0.163. The largest absolute Gasteiger partial charge is 0.368 e. The highest BCUT2D eigenvalue weighted by molar-refractivity contribution is 5.81. The molecule has 0 aromatic rings. The van der Waals surface area contributed by atoms with Crippen LogP contribution in [-0.4, -0.2) is 24.7 Å². The Morgan fingerprint density at radius 3 is 2.53 bits per heavy atom. The van der Waals surface area contributed by atoms with Crippen molar-refractivity contribution in [2.45, 2.75) is 57.6 Å². The van der Waals surface area contributed by atoms with Gasteiger partial charge in [0.15, 0.2) is 0 Å². The summed E-state index contributed by atoms with van der Waals surface area (Å²) in [6.07, 6.45) is 6.53. The fourth-order valence-electron chi connectivity index (χ4n) is 2.48. The van der Waals surface area contributed by atoms with Crippen LogP contribution in [0.2, 0.25) is 0 Å². The first-order chi connectivity index (χ1) is 7.25. The number of amides is 1. The molecule has 1 aliphatic carbocycles. The first-order valence-corrected chi connectivity index (χ1v) is 6.17. The molecule has 0 spiro atoms. The molecule has 0 aromatic carbocycles. The Balaban J connectivity index is 1.74. The maximum absolute atomic E-state index is 11.8. The summed E-state index contributed by atoms with van der Waals surface area (Å²) in [5.41, 5.74) is 0. The highest BCUT2D eigenvalue weighted by Crippen LogP contribution is 2.23. The van der Waals surface area contributed by atoms with Crippen LogP contribution < -0.4 is 5.32 Å². The van der Waals surface area contributed by atoms with Crippen LogP contribution in [0.4, 0.5) is 0 Å². The van der Waals surface area contributed by atoms with E-state index in [-0.39, 0.29) is 12.0 Å². The standard InChI is InChI=1S/C12H21NO2/c1-9-4-6-10(7-5-9)13-12(14)11-3-2-8-15-11/h9-11H,2-8H2,1H3,(H,13,14). The first kappa shape index (κ1) is 10.9. The van der Waals surface area contributed by atoms with Crippen LogP contribution in [0, 0.1) is 5.92 Å². The second-order valence-electron chi connectivity index (χ2n) is 4.97. The van der Waals surface area contributed by atoms with Crippen molar-refractivity contribution in [2.24, 2.45) is 5.92 Å². The predicted octanol–water partition coefficient (Wildman–Crippen LogP) is 1.86. The molecule has 15 heavy (non-hydrogen) atoms. The number of hydrogen-bond donors (Lipinski definition) is 1. The van der Waals surface area contributed by atoms with Crippen LogP contribution in [0.5, 0.6) is 0 Å². The van der Waals surface area contributed by atoms with Gasteiger partial charge in [0.05, 0.1) is 0 Å². The normalized spacial score (nSPS) is 36.5. The minimum absolute atomic E-state index is 0.118. The summed E-state index contributed by atoms with van der Waals surface area (Å²) in [7, 11) is 0. The molecule has 1 heterocycles. The molecule has 1 N–H and O–H groups in total. The van der Waals surface area contributed by atoms with Gasteiger partial charge in [-0.25, -0.2) is 0 Å². The number of carbonyl (C=O) groups excluding carboxylic acids is 1. The SMILES string of the molecule is CC1CCC(NC(=O)C2CCCO2)CC1. The predicted molar refractivity (Wildman–Crippen MR) is 58.5 cm³/mol. The number of hydrogen-bond acceptors (Lipinski definition) is 2. The van der Waals surface area contributed by atoms with Crippen LogP contribution in [-0.2, 0) is 9.53 Å². The van der Waals surface area contributed by atoms with Crippen LogP contribution in [0.3, 0.4) is 0 Å². The van der Waals surface area contributed by atoms with E-state index in [1.165, 1.54) is 12.8 Å². The Hall–Kier alpha value is -0.570. The topological polar surface area (TPSA) is 38.3 Å².